The van der Waals surface area contributed by atoms with Crippen molar-refractivity contribution >= 4 is 61.2 Å². The van der Waals surface area contributed by atoms with Gasteiger partial charge in [0.1, 0.15) is 24.0 Å². The van der Waals surface area contributed by atoms with Gasteiger partial charge in [-0.1, -0.05) is 24.3 Å². The SMILES string of the molecule is COc1cc(CN2CCN(C3CC4(CCN(c5ccc(C(=O)NS(=O)(=O)c6cc7c(c([N+](=O)[O-])c6)N[C@@H](CN6CCOCC6)CO7)c(N6c7cc8cc[nH]c8nc7O[C@H]7COCC[C@@H]76)c5)CC4)C3)[C@H](c3ccccc3C)C2)cnc1N1CCOCC1. The summed E-state index contributed by atoms with van der Waals surface area (Å²) in [5, 5.41) is 16.7. The van der Waals surface area contributed by atoms with Gasteiger partial charge in [-0.2, -0.15) is 4.98 Å². The molecule has 0 unspecified atom stereocenters. The van der Waals surface area contributed by atoms with E-state index in [1.807, 2.05) is 36.7 Å². The van der Waals surface area contributed by atoms with Crippen LogP contribution in [0.15, 0.2) is 90.1 Å². The quantitative estimate of drug-likeness (QED) is 0.0766. The summed E-state index contributed by atoms with van der Waals surface area (Å²) in [6.07, 6.45) is 8.17. The first-order chi connectivity index (χ1) is 41.9. The second-order valence-electron chi connectivity index (χ2n) is 24.3. The van der Waals surface area contributed by atoms with Crippen molar-refractivity contribution in [1.29, 1.82) is 0 Å². The van der Waals surface area contributed by atoms with E-state index in [9.17, 15) is 23.3 Å². The van der Waals surface area contributed by atoms with Gasteiger partial charge in [-0.05, 0) is 97.5 Å². The summed E-state index contributed by atoms with van der Waals surface area (Å²) in [6.45, 7) is 14.5. The van der Waals surface area contributed by atoms with Crippen LogP contribution < -0.4 is 38.9 Å². The second-order valence-corrected chi connectivity index (χ2v) is 26.0. The number of morpholine rings is 2. The number of methoxy groups -OCH3 is 1. The summed E-state index contributed by atoms with van der Waals surface area (Å²) in [7, 11) is -3.00. The molecule has 86 heavy (non-hydrogen) atoms. The molecule has 1 amide bonds. The summed E-state index contributed by atoms with van der Waals surface area (Å²) in [6, 6.07) is 22.8. The summed E-state index contributed by atoms with van der Waals surface area (Å²) >= 11 is 0. The molecule has 8 aliphatic rings. The molecule has 4 atom stereocenters. The van der Waals surface area contributed by atoms with Crippen molar-refractivity contribution in [2.45, 2.75) is 80.7 Å². The number of nitro groups is 1. The number of carbonyl (C=O) groups is 1. The van der Waals surface area contributed by atoms with E-state index in [0.717, 1.165) is 125 Å². The van der Waals surface area contributed by atoms with Crippen LogP contribution in [0.3, 0.4) is 0 Å². The predicted octanol–water partition coefficient (Wildman–Crippen LogP) is 6.64. The molecule has 5 saturated heterocycles. The molecule has 1 spiro atoms. The Bertz CT molecular complexity index is 3640. The molecule has 3 aromatic carbocycles. The second kappa shape index (κ2) is 23.4. The van der Waals surface area contributed by atoms with Crippen molar-refractivity contribution in [3.8, 4) is 17.4 Å². The highest BCUT2D eigenvalue weighted by Crippen LogP contribution is 2.54. The number of nitrogens with zero attached hydrogens (tertiary/aromatic N) is 9. The number of H-pyrrole nitrogens is 1. The van der Waals surface area contributed by atoms with Crippen molar-refractivity contribution < 1.29 is 46.6 Å². The number of aryl methyl sites for hydroxylation is 1. The molecule has 6 aromatic rings. The zero-order valence-corrected chi connectivity index (χ0v) is 49.5. The van der Waals surface area contributed by atoms with Gasteiger partial charge >= 0.3 is 0 Å². The Balaban J connectivity index is 0.709. The maximum absolute atomic E-state index is 15.0. The number of rotatable bonds is 14. The molecule has 14 rings (SSSR count). The average molecular weight is 1200 g/mol. The van der Waals surface area contributed by atoms with Crippen LogP contribution in [0.5, 0.6) is 17.4 Å². The molecule has 10 heterocycles. The highest BCUT2D eigenvalue weighted by atomic mass is 32.2. The molecular formula is C62H74N12O11S. The molecule has 3 aromatic heterocycles. The maximum Gasteiger partial charge on any atom is 0.297 e. The first kappa shape index (κ1) is 56.5. The number of piperidine rings is 1. The largest absolute Gasteiger partial charge is 0.493 e. The van der Waals surface area contributed by atoms with Gasteiger partial charge in [0.05, 0.1) is 73.3 Å². The lowest BCUT2D eigenvalue weighted by molar-refractivity contribution is -0.384. The molecule has 7 aliphatic heterocycles. The van der Waals surface area contributed by atoms with Crippen molar-refractivity contribution in [1.82, 2.24) is 34.4 Å². The van der Waals surface area contributed by atoms with Gasteiger partial charge in [0, 0.05) is 126 Å². The molecule has 1 saturated carbocycles. The minimum absolute atomic E-state index is 0.0117. The van der Waals surface area contributed by atoms with E-state index < -0.39 is 37.5 Å². The molecule has 0 radical (unpaired) electrons. The summed E-state index contributed by atoms with van der Waals surface area (Å²) in [5.41, 5.74) is 6.37. The number of fused-ring (bicyclic) bond motifs is 4. The lowest BCUT2D eigenvalue weighted by Gasteiger charge is -2.58. The van der Waals surface area contributed by atoms with Crippen molar-refractivity contribution in [2.24, 2.45) is 5.41 Å². The molecule has 6 fully saturated rings. The number of nitro benzene ring substituents is 1. The van der Waals surface area contributed by atoms with Crippen molar-refractivity contribution in [3.63, 3.8) is 0 Å². The third-order valence-electron chi connectivity index (χ3n) is 19.1. The molecule has 23 nitrogen and oxygen atoms in total. The molecule has 1 aliphatic carbocycles. The maximum atomic E-state index is 15.0. The third kappa shape index (κ3) is 11.0. The van der Waals surface area contributed by atoms with E-state index in [1.54, 1.807) is 13.2 Å². The molecular weight excluding hydrogens is 1120 g/mol. The average Bonchev–Trinajstić information content (AvgIpc) is 1.25. The fraction of sp³-hybridized carbons (Fsp3) is 0.500. The fourth-order valence-electron chi connectivity index (χ4n) is 14.5. The monoisotopic (exact) mass is 1190 g/mol. The zero-order chi connectivity index (χ0) is 58.7. The molecule has 454 valence electrons. The van der Waals surface area contributed by atoms with Crippen LogP contribution in [-0.2, 0) is 30.8 Å². The van der Waals surface area contributed by atoms with Gasteiger partial charge in [-0.3, -0.25) is 29.6 Å². The predicted molar refractivity (Wildman–Crippen MR) is 323 cm³/mol. The number of carbonyl (C=O) groups excluding carboxylic acids is 1. The molecule has 24 heteroatoms. The van der Waals surface area contributed by atoms with Gasteiger partial charge in [0.25, 0.3) is 21.6 Å². The standard InChI is InChI=1S/C62H74N12O11S/c1-40-5-3-4-6-47(40)53-37-69(35-41-27-55(80-2)59(64-34-41)71-20-25-82-26-21-71)16-17-72(53)45-32-62(33-45)11-14-70(15-12-62)44-7-8-48(50(29-44)73-49-10-22-83-39-56(49)85-61-52(73)28-42-9-13-63-58(42)66-61)60(75)67-86(78,79)46-30-51(74(76)77)57-54(31-46)84-38-43(65-57)36-68-18-23-81-24-19-68/h3-9,13,27-31,34,43,45,49,53,56,65H,10-12,14-26,32-33,35-39H2,1-2H3,(H,63,66)(H,67,75)/t43-,49-,53-,56-/m0/s1. The Kier molecular flexibility index (Phi) is 15.4. The third-order valence-corrected chi connectivity index (χ3v) is 20.4. The van der Waals surface area contributed by atoms with E-state index in [0.29, 0.717) is 74.9 Å². The molecule has 0 bridgehead atoms. The van der Waals surface area contributed by atoms with E-state index in [4.69, 9.17) is 38.4 Å². The number of hydrogen-bond donors (Lipinski definition) is 3. The summed E-state index contributed by atoms with van der Waals surface area (Å²) < 4.78 is 66.8. The number of ether oxygens (including phenoxy) is 6. The van der Waals surface area contributed by atoms with E-state index >= 15 is 0 Å². The van der Waals surface area contributed by atoms with E-state index in [1.165, 1.54) is 17.2 Å². The number of amides is 1. The number of aromatic amines is 1. The Labute approximate surface area is 500 Å². The lowest BCUT2D eigenvalue weighted by Crippen LogP contribution is -2.59. The van der Waals surface area contributed by atoms with Crippen LogP contribution in [0.2, 0.25) is 0 Å². The number of anilines is 5. The normalized spacial score (nSPS) is 23.7. The number of benzene rings is 3. The molecule has 3 N–H and O–H groups in total. The van der Waals surface area contributed by atoms with Crippen LogP contribution in [0.4, 0.5) is 34.3 Å². The Morgan fingerprint density at radius 2 is 1.67 bits per heavy atom. The van der Waals surface area contributed by atoms with Gasteiger partial charge in [0.15, 0.2) is 23.0 Å². The Morgan fingerprint density at radius 3 is 2.47 bits per heavy atom. The van der Waals surface area contributed by atoms with Crippen molar-refractivity contribution in [3.05, 3.63) is 118 Å². The van der Waals surface area contributed by atoms with Gasteiger partial charge in [0.2, 0.25) is 5.88 Å². The minimum atomic E-state index is -4.72. The number of sulfonamides is 1. The first-order valence-electron chi connectivity index (χ1n) is 30.2. The number of aromatic nitrogens is 3. The fourth-order valence-corrected chi connectivity index (χ4v) is 15.5. The van der Waals surface area contributed by atoms with Gasteiger partial charge in [-0.15, -0.1) is 0 Å². The number of pyridine rings is 2. The van der Waals surface area contributed by atoms with Crippen molar-refractivity contribution in [2.75, 3.05) is 139 Å². The van der Waals surface area contributed by atoms with Gasteiger partial charge < -0.3 is 53.4 Å². The first-order valence-corrected chi connectivity index (χ1v) is 31.7. The van der Waals surface area contributed by atoms with Gasteiger partial charge in [-0.25, -0.2) is 18.1 Å². The Morgan fingerprint density at radius 1 is 0.872 bits per heavy atom. The van der Waals surface area contributed by atoms with Crippen LogP contribution in [-0.4, -0.2) is 192 Å². The smallest absolute Gasteiger partial charge is 0.297 e. The highest BCUT2D eigenvalue weighted by Gasteiger charge is 2.50. The van der Waals surface area contributed by atoms with E-state index in [-0.39, 0.29) is 53.8 Å². The number of hydrogen-bond acceptors (Lipinski definition) is 20. The minimum Gasteiger partial charge on any atom is -0.493 e. The van der Waals surface area contributed by atoms with Crippen LogP contribution in [0.25, 0.3) is 11.0 Å². The van der Waals surface area contributed by atoms with Crippen LogP contribution in [0, 0.1) is 22.5 Å². The zero-order valence-electron chi connectivity index (χ0n) is 48.7. The Hall–Kier alpha value is -7.32. The summed E-state index contributed by atoms with van der Waals surface area (Å²) in [5.74, 6) is 1.14. The number of nitrogens with one attached hydrogen (secondary N) is 3. The topological polar surface area (TPSA) is 235 Å². The van der Waals surface area contributed by atoms with Crippen LogP contribution >= 0.6 is 0 Å². The lowest BCUT2D eigenvalue weighted by atomic mass is 9.59. The highest BCUT2D eigenvalue weighted by molar-refractivity contribution is 7.90. The van der Waals surface area contributed by atoms with Crippen LogP contribution in [0.1, 0.15) is 65.2 Å². The summed E-state index contributed by atoms with van der Waals surface area (Å²) in [4.78, 5) is 53.7. The number of piperazine rings is 1. The van der Waals surface area contributed by atoms with E-state index in [2.05, 4.69) is 81.7 Å².